The van der Waals surface area contributed by atoms with E-state index in [9.17, 15) is 9.18 Å². The van der Waals surface area contributed by atoms with Crippen molar-refractivity contribution in [2.75, 3.05) is 20.6 Å². The van der Waals surface area contributed by atoms with Gasteiger partial charge in [0.25, 0.3) is 0 Å². The van der Waals surface area contributed by atoms with Crippen molar-refractivity contribution < 1.29 is 9.18 Å². The van der Waals surface area contributed by atoms with Crippen molar-refractivity contribution in [1.29, 1.82) is 0 Å². The van der Waals surface area contributed by atoms with Crippen molar-refractivity contribution in [3.8, 4) is 0 Å². The van der Waals surface area contributed by atoms with Crippen molar-refractivity contribution in [3.63, 3.8) is 0 Å². The molecule has 0 spiro atoms. The highest BCUT2D eigenvalue weighted by molar-refractivity contribution is 5.75. The molecule has 110 valence electrons. The molecule has 1 aliphatic rings. The van der Waals surface area contributed by atoms with Crippen molar-refractivity contribution in [1.82, 2.24) is 15.1 Å². The van der Waals surface area contributed by atoms with E-state index in [1.165, 1.54) is 12.1 Å². The number of hydrogen-bond acceptors (Lipinski definition) is 2. The molecule has 20 heavy (non-hydrogen) atoms. The van der Waals surface area contributed by atoms with Crippen LogP contribution in [0.4, 0.5) is 9.18 Å². The Hall–Kier alpha value is -1.62. The fourth-order valence-electron chi connectivity index (χ4n) is 2.07. The molecule has 0 saturated heterocycles. The Labute approximate surface area is 119 Å². The van der Waals surface area contributed by atoms with Gasteiger partial charge in [-0.1, -0.05) is 6.07 Å². The fourth-order valence-corrected chi connectivity index (χ4v) is 2.07. The number of halogens is 1. The second-order valence-corrected chi connectivity index (χ2v) is 6.13. The highest BCUT2D eigenvalue weighted by Gasteiger charge is 2.26. The van der Waals surface area contributed by atoms with E-state index in [1.54, 1.807) is 11.0 Å². The minimum Gasteiger partial charge on any atom is -0.336 e. The Kier molecular flexibility index (Phi) is 3.99. The molecular formula is C15H22FN3O. The number of nitrogens with zero attached hydrogens (tertiary/aromatic N) is 2. The van der Waals surface area contributed by atoms with Crippen LogP contribution in [-0.4, -0.2) is 42.0 Å². The first kappa shape index (κ1) is 14.8. The smallest absolute Gasteiger partial charge is 0.318 e. The van der Waals surface area contributed by atoms with Gasteiger partial charge in [-0.2, -0.15) is 0 Å². The van der Waals surface area contributed by atoms with E-state index in [4.69, 9.17) is 0 Å². The summed E-state index contributed by atoms with van der Waals surface area (Å²) >= 11 is 0. The maximum absolute atomic E-state index is 13.2. The van der Waals surface area contributed by atoms with Crippen LogP contribution < -0.4 is 5.32 Å². The SMILES string of the molecule is CN(C)C(C)(C)CNC(=O)N1Cc2ccc(F)cc2C1. The lowest BCUT2D eigenvalue weighted by atomic mass is 10.0. The van der Waals surface area contributed by atoms with Gasteiger partial charge >= 0.3 is 6.03 Å². The molecule has 2 rings (SSSR count). The average molecular weight is 279 g/mol. The lowest BCUT2D eigenvalue weighted by Gasteiger charge is -2.33. The van der Waals surface area contributed by atoms with Gasteiger partial charge in [0.2, 0.25) is 0 Å². The van der Waals surface area contributed by atoms with Gasteiger partial charge in [-0.3, -0.25) is 0 Å². The number of fused-ring (bicyclic) bond motifs is 1. The number of rotatable bonds is 3. The summed E-state index contributed by atoms with van der Waals surface area (Å²) in [5, 5.41) is 2.95. The fraction of sp³-hybridized carbons (Fsp3) is 0.533. The molecule has 0 unspecified atom stereocenters. The second kappa shape index (κ2) is 5.40. The Balaban J connectivity index is 1.93. The molecule has 0 bridgehead atoms. The normalized spacial score (nSPS) is 14.6. The highest BCUT2D eigenvalue weighted by Crippen LogP contribution is 2.23. The zero-order chi connectivity index (χ0) is 14.9. The molecule has 0 aliphatic carbocycles. The van der Waals surface area contributed by atoms with Gasteiger partial charge in [0.15, 0.2) is 0 Å². The number of carbonyl (C=O) groups is 1. The van der Waals surface area contributed by atoms with E-state index in [-0.39, 0.29) is 17.4 Å². The lowest BCUT2D eigenvalue weighted by molar-refractivity contribution is 0.170. The number of urea groups is 1. The van der Waals surface area contributed by atoms with Gasteiger partial charge < -0.3 is 15.1 Å². The van der Waals surface area contributed by atoms with Gasteiger partial charge in [0, 0.05) is 25.2 Å². The van der Waals surface area contributed by atoms with Gasteiger partial charge in [-0.15, -0.1) is 0 Å². The standard InChI is InChI=1S/C15H22FN3O/c1-15(2,18(3)4)10-17-14(20)19-8-11-5-6-13(16)7-12(11)9-19/h5-7H,8-10H2,1-4H3,(H,17,20). The van der Waals surface area contributed by atoms with E-state index in [1.807, 2.05) is 14.1 Å². The van der Waals surface area contributed by atoms with Crippen molar-refractivity contribution in [2.24, 2.45) is 0 Å². The molecule has 4 nitrogen and oxygen atoms in total. The predicted molar refractivity (Wildman–Crippen MR) is 76.8 cm³/mol. The minimum atomic E-state index is -0.250. The van der Waals surface area contributed by atoms with Gasteiger partial charge in [0.1, 0.15) is 5.82 Å². The molecule has 1 aromatic rings. The summed E-state index contributed by atoms with van der Waals surface area (Å²) in [6.45, 7) is 5.73. The van der Waals surface area contributed by atoms with Gasteiger partial charge in [-0.25, -0.2) is 9.18 Å². The predicted octanol–water partition coefficient (Wildman–Crippen LogP) is 2.19. The van der Waals surface area contributed by atoms with Crippen LogP contribution in [0.3, 0.4) is 0 Å². The molecule has 1 N–H and O–H groups in total. The van der Waals surface area contributed by atoms with Crippen LogP contribution in [0.1, 0.15) is 25.0 Å². The topological polar surface area (TPSA) is 35.6 Å². The lowest BCUT2D eigenvalue weighted by Crippen LogP contribution is -2.50. The summed E-state index contributed by atoms with van der Waals surface area (Å²) < 4.78 is 13.2. The van der Waals surface area contributed by atoms with Crippen LogP contribution in [0.5, 0.6) is 0 Å². The Morgan fingerprint density at radius 1 is 1.35 bits per heavy atom. The Morgan fingerprint density at radius 3 is 2.65 bits per heavy atom. The summed E-state index contributed by atoms with van der Waals surface area (Å²) in [6, 6.07) is 4.60. The zero-order valence-corrected chi connectivity index (χ0v) is 12.5. The van der Waals surface area contributed by atoms with Gasteiger partial charge in [-0.05, 0) is 51.2 Å². The first-order chi connectivity index (χ1) is 9.29. The molecule has 0 saturated carbocycles. The second-order valence-electron chi connectivity index (χ2n) is 6.13. The molecule has 1 heterocycles. The van der Waals surface area contributed by atoms with Gasteiger partial charge in [0.05, 0.1) is 0 Å². The maximum atomic E-state index is 13.2. The van der Waals surface area contributed by atoms with E-state index >= 15 is 0 Å². The van der Waals surface area contributed by atoms with Crippen molar-refractivity contribution in [2.45, 2.75) is 32.5 Å². The van der Waals surface area contributed by atoms with Crippen molar-refractivity contribution >= 4 is 6.03 Å². The summed E-state index contributed by atoms with van der Waals surface area (Å²) in [7, 11) is 3.97. The van der Waals surface area contributed by atoms with Crippen LogP contribution in [0.2, 0.25) is 0 Å². The van der Waals surface area contributed by atoms with Crippen LogP contribution >= 0.6 is 0 Å². The third kappa shape index (κ3) is 3.10. The van der Waals surface area contributed by atoms with Crippen LogP contribution in [0, 0.1) is 5.82 Å². The first-order valence-electron chi connectivity index (χ1n) is 6.77. The van der Waals surface area contributed by atoms with E-state index in [0.717, 1.165) is 11.1 Å². The summed E-state index contributed by atoms with van der Waals surface area (Å²) in [5.74, 6) is -0.250. The summed E-state index contributed by atoms with van der Waals surface area (Å²) in [4.78, 5) is 15.9. The van der Waals surface area contributed by atoms with Crippen LogP contribution in [0.15, 0.2) is 18.2 Å². The van der Waals surface area contributed by atoms with E-state index < -0.39 is 0 Å². The number of nitrogens with one attached hydrogen (secondary N) is 1. The van der Waals surface area contributed by atoms with Crippen LogP contribution in [0.25, 0.3) is 0 Å². The number of amides is 2. The average Bonchev–Trinajstić information content (AvgIpc) is 2.78. The molecule has 5 heteroatoms. The van der Waals surface area contributed by atoms with Crippen molar-refractivity contribution in [3.05, 3.63) is 35.1 Å². The molecule has 0 atom stereocenters. The Morgan fingerprint density at radius 2 is 2.00 bits per heavy atom. The molecule has 1 aliphatic heterocycles. The molecule has 2 amide bonds. The largest absolute Gasteiger partial charge is 0.336 e. The monoisotopic (exact) mass is 279 g/mol. The molecule has 0 radical (unpaired) electrons. The molecule has 1 aromatic carbocycles. The highest BCUT2D eigenvalue weighted by atomic mass is 19.1. The van der Waals surface area contributed by atoms with E-state index in [0.29, 0.717) is 19.6 Å². The molecule has 0 aromatic heterocycles. The molecule has 0 fully saturated rings. The summed E-state index contributed by atoms with van der Waals surface area (Å²) in [6.07, 6.45) is 0. The number of likely N-dealkylation sites (N-methyl/N-ethyl adjacent to an activating group) is 1. The maximum Gasteiger partial charge on any atom is 0.318 e. The number of benzene rings is 1. The number of carbonyl (C=O) groups excluding carboxylic acids is 1. The third-order valence-electron chi connectivity index (χ3n) is 4.06. The Bertz CT molecular complexity index is 514. The minimum absolute atomic E-state index is 0.100. The quantitative estimate of drug-likeness (QED) is 0.920. The number of hydrogen-bond donors (Lipinski definition) is 1. The van der Waals surface area contributed by atoms with E-state index in [2.05, 4.69) is 24.1 Å². The first-order valence-corrected chi connectivity index (χ1v) is 6.77. The zero-order valence-electron chi connectivity index (χ0n) is 12.5. The third-order valence-corrected chi connectivity index (χ3v) is 4.06. The van der Waals surface area contributed by atoms with Crippen LogP contribution in [-0.2, 0) is 13.1 Å². The summed E-state index contributed by atoms with van der Waals surface area (Å²) in [5.41, 5.74) is 1.81. The molecular weight excluding hydrogens is 257 g/mol.